The molecule has 0 aliphatic carbocycles. The summed E-state index contributed by atoms with van der Waals surface area (Å²) in [6.45, 7) is 10.1. The van der Waals surface area contributed by atoms with Crippen molar-refractivity contribution in [3.63, 3.8) is 0 Å². The minimum absolute atomic E-state index is 0.398. The molecule has 0 saturated carbocycles. The molecule has 0 atom stereocenters. The van der Waals surface area contributed by atoms with E-state index in [1.165, 1.54) is 25.9 Å². The first-order valence-electron chi connectivity index (χ1n) is 5.38. The molecule has 18 heavy (non-hydrogen) atoms. The van der Waals surface area contributed by atoms with Gasteiger partial charge in [-0.05, 0) is 25.9 Å². The Morgan fingerprint density at radius 1 is 1.28 bits per heavy atom. The van der Waals surface area contributed by atoms with E-state index >= 15 is 0 Å². The van der Waals surface area contributed by atoms with E-state index in [9.17, 15) is 17.2 Å². The van der Waals surface area contributed by atoms with Gasteiger partial charge in [-0.25, -0.2) is 0 Å². The van der Waals surface area contributed by atoms with E-state index in [1.807, 2.05) is 0 Å². The fourth-order valence-corrected chi connectivity index (χ4v) is 1.81. The van der Waals surface area contributed by atoms with Crippen molar-refractivity contribution in [3.05, 3.63) is 0 Å². The Morgan fingerprint density at radius 3 is 1.83 bits per heavy atom. The molecule has 0 radical (unpaired) electrons. The Balaban J connectivity index is 0. The van der Waals surface area contributed by atoms with Crippen LogP contribution >= 0.6 is 11.8 Å². The van der Waals surface area contributed by atoms with Crippen LogP contribution in [0.4, 0.5) is 8.78 Å². The lowest BCUT2D eigenvalue weighted by atomic mass is 10.5. The summed E-state index contributed by atoms with van der Waals surface area (Å²) in [6.07, 6.45) is 1.43. The number of alkyl halides is 2. The highest BCUT2D eigenvalue weighted by Crippen LogP contribution is 2.08. The predicted octanol–water partition coefficient (Wildman–Crippen LogP) is 1.56. The highest BCUT2D eigenvalue weighted by molar-refractivity contribution is 8.13. The zero-order valence-electron chi connectivity index (χ0n) is 11.1. The summed E-state index contributed by atoms with van der Waals surface area (Å²) in [5, 5.41) is -0.398. The quantitative estimate of drug-likeness (QED) is 0.616. The van der Waals surface area contributed by atoms with E-state index in [0.717, 1.165) is 11.8 Å². The van der Waals surface area contributed by atoms with Crippen LogP contribution in [-0.2, 0) is 10.0 Å². The van der Waals surface area contributed by atoms with Gasteiger partial charge in [0.05, 0.1) is 0 Å². The monoisotopic (exact) mass is 305 g/mol. The van der Waals surface area contributed by atoms with Gasteiger partial charge < -0.3 is 10.6 Å². The van der Waals surface area contributed by atoms with Gasteiger partial charge in [-0.15, -0.1) is 4.40 Å². The Hall–Kier alpha value is -0.410. The van der Waals surface area contributed by atoms with Gasteiger partial charge in [0, 0.05) is 0 Å². The minimum atomic E-state index is -4.70. The predicted molar refractivity (Wildman–Crippen MR) is 73.5 cm³/mol. The van der Waals surface area contributed by atoms with Crippen molar-refractivity contribution in [1.82, 2.24) is 4.90 Å². The van der Waals surface area contributed by atoms with E-state index in [4.69, 9.17) is 5.73 Å². The SMILES string of the molecule is CCN(CC)CC.CSC(N)=NS(=O)(=O)C(F)F. The molecule has 0 saturated heterocycles. The van der Waals surface area contributed by atoms with Crippen molar-refractivity contribution in [2.24, 2.45) is 10.1 Å². The molecule has 110 valence electrons. The maximum Gasteiger partial charge on any atom is 0.357 e. The molecular weight excluding hydrogens is 284 g/mol. The first kappa shape index (κ1) is 19.9. The van der Waals surface area contributed by atoms with Gasteiger partial charge in [0.1, 0.15) is 0 Å². The number of rotatable bonds is 5. The third-order valence-electron chi connectivity index (χ3n) is 1.99. The Kier molecular flexibility index (Phi) is 11.6. The number of amidine groups is 1. The average molecular weight is 305 g/mol. The van der Waals surface area contributed by atoms with Gasteiger partial charge in [-0.2, -0.15) is 17.2 Å². The van der Waals surface area contributed by atoms with Crippen LogP contribution in [0.5, 0.6) is 0 Å². The van der Waals surface area contributed by atoms with Crippen molar-refractivity contribution in [2.75, 3.05) is 25.9 Å². The zero-order valence-corrected chi connectivity index (χ0v) is 12.7. The minimum Gasteiger partial charge on any atom is -0.378 e. The van der Waals surface area contributed by atoms with Crippen molar-refractivity contribution in [3.8, 4) is 0 Å². The van der Waals surface area contributed by atoms with Gasteiger partial charge in [-0.3, -0.25) is 0 Å². The van der Waals surface area contributed by atoms with Crippen LogP contribution in [0.25, 0.3) is 0 Å². The number of nitrogens with two attached hydrogens (primary N) is 1. The molecule has 5 nitrogen and oxygen atoms in total. The molecule has 9 heteroatoms. The van der Waals surface area contributed by atoms with E-state index in [1.54, 1.807) is 0 Å². The van der Waals surface area contributed by atoms with Crippen LogP contribution in [0, 0.1) is 0 Å². The van der Waals surface area contributed by atoms with Crippen LogP contribution in [0.3, 0.4) is 0 Å². The first-order valence-corrected chi connectivity index (χ1v) is 8.11. The Morgan fingerprint density at radius 2 is 1.67 bits per heavy atom. The fourth-order valence-electron chi connectivity index (χ4n) is 0.873. The number of sulfonamides is 1. The molecule has 0 aliphatic rings. The summed E-state index contributed by atoms with van der Waals surface area (Å²) >= 11 is 0.784. The molecule has 0 rings (SSSR count). The Labute approximate surface area is 112 Å². The summed E-state index contributed by atoms with van der Waals surface area (Å²) in [4.78, 5) is 2.38. The van der Waals surface area contributed by atoms with Crippen molar-refractivity contribution < 1.29 is 17.2 Å². The van der Waals surface area contributed by atoms with Gasteiger partial charge >= 0.3 is 15.8 Å². The second-order valence-corrected chi connectivity index (χ2v) is 5.42. The normalized spacial score (nSPS) is 12.6. The highest BCUT2D eigenvalue weighted by Gasteiger charge is 2.23. The topological polar surface area (TPSA) is 75.8 Å². The molecule has 0 fully saturated rings. The lowest BCUT2D eigenvalue weighted by molar-refractivity contribution is 0.235. The maximum absolute atomic E-state index is 11.5. The van der Waals surface area contributed by atoms with Gasteiger partial charge in [-0.1, -0.05) is 32.5 Å². The number of halogens is 2. The molecule has 0 aromatic rings. The van der Waals surface area contributed by atoms with Gasteiger partial charge in [0.25, 0.3) is 0 Å². The van der Waals surface area contributed by atoms with Crippen LogP contribution in [0.2, 0.25) is 0 Å². The third-order valence-corrected chi connectivity index (χ3v) is 3.52. The lowest BCUT2D eigenvalue weighted by Crippen LogP contribution is -2.21. The summed E-state index contributed by atoms with van der Waals surface area (Å²) in [5.74, 6) is -3.51. The van der Waals surface area contributed by atoms with E-state index in [2.05, 4.69) is 30.1 Å². The largest absolute Gasteiger partial charge is 0.378 e. The summed E-state index contributed by atoms with van der Waals surface area (Å²) in [6, 6.07) is 0. The summed E-state index contributed by atoms with van der Waals surface area (Å²) in [5.41, 5.74) is 4.90. The second kappa shape index (κ2) is 10.5. The molecule has 0 spiro atoms. The fraction of sp³-hybridized carbons (Fsp3) is 0.889. The number of hydrogen-bond donors (Lipinski definition) is 1. The van der Waals surface area contributed by atoms with Gasteiger partial charge in [0.2, 0.25) is 0 Å². The van der Waals surface area contributed by atoms with Crippen molar-refractivity contribution in [1.29, 1.82) is 0 Å². The number of nitrogens with zero attached hydrogens (tertiary/aromatic N) is 2. The van der Waals surface area contributed by atoms with Crippen LogP contribution in [0.1, 0.15) is 20.8 Å². The zero-order chi connectivity index (χ0) is 14.8. The second-order valence-electron chi connectivity index (χ2n) is 3.03. The molecule has 0 aromatic heterocycles. The smallest absolute Gasteiger partial charge is 0.357 e. The number of thioether (sulfide) groups is 1. The van der Waals surface area contributed by atoms with Gasteiger partial charge in [0.15, 0.2) is 5.17 Å². The Bertz CT molecular complexity index is 325. The van der Waals surface area contributed by atoms with Crippen molar-refractivity contribution in [2.45, 2.75) is 26.5 Å². The van der Waals surface area contributed by atoms with E-state index in [-0.39, 0.29) is 0 Å². The first-order chi connectivity index (χ1) is 8.24. The molecule has 0 aliphatic heterocycles. The molecule has 0 amide bonds. The van der Waals surface area contributed by atoms with E-state index < -0.39 is 20.9 Å². The lowest BCUT2D eigenvalue weighted by Gasteiger charge is -2.13. The molecule has 0 aromatic carbocycles. The summed E-state index contributed by atoms with van der Waals surface area (Å²) < 4.78 is 46.2. The molecular formula is C9H21F2N3O2S2. The van der Waals surface area contributed by atoms with E-state index in [0.29, 0.717) is 0 Å². The van der Waals surface area contributed by atoms with Crippen LogP contribution < -0.4 is 5.73 Å². The molecule has 0 heterocycles. The molecule has 0 bridgehead atoms. The highest BCUT2D eigenvalue weighted by atomic mass is 32.2. The average Bonchev–Trinajstić information content (AvgIpc) is 2.31. The summed E-state index contributed by atoms with van der Waals surface area (Å²) in [7, 11) is -4.70. The van der Waals surface area contributed by atoms with Crippen molar-refractivity contribution >= 4 is 27.0 Å². The molecule has 0 unspecified atom stereocenters. The van der Waals surface area contributed by atoms with Crippen LogP contribution in [0.15, 0.2) is 4.40 Å². The van der Waals surface area contributed by atoms with Crippen LogP contribution in [-0.4, -0.2) is 50.1 Å². The number of hydrogen-bond acceptors (Lipinski definition) is 4. The molecule has 2 N–H and O–H groups in total. The third kappa shape index (κ3) is 9.60. The standard InChI is InChI=1S/C6H15N.C3H6F2N2O2S2/c1-4-7(5-2)6-3;1-10-3(6)7-11(8,9)2(4)5/h4-6H2,1-3H3;2H,1H3,(H2,6,7). The maximum atomic E-state index is 11.5.